The van der Waals surface area contributed by atoms with Gasteiger partial charge in [-0.25, -0.2) is 14.4 Å². The molecule has 4 aromatic rings. The maximum Gasteiger partial charge on any atom is 0.227 e. The Morgan fingerprint density at radius 1 is 1.13 bits per heavy atom. The van der Waals surface area contributed by atoms with Crippen molar-refractivity contribution in [2.45, 2.75) is 57.8 Å². The number of anilines is 3. The fourth-order valence-electron chi connectivity index (χ4n) is 4.55. The maximum atomic E-state index is 14.4. The predicted octanol–water partition coefficient (Wildman–Crippen LogP) is 4.42. The van der Waals surface area contributed by atoms with Crippen LogP contribution in [0, 0.1) is 0 Å². The zero-order valence-electron chi connectivity index (χ0n) is 22.0. The fraction of sp³-hybridized carbons (Fsp3) is 0.444. The first-order valence-electron chi connectivity index (χ1n) is 12.8. The van der Waals surface area contributed by atoms with Crippen molar-refractivity contribution in [2.75, 3.05) is 29.9 Å². The van der Waals surface area contributed by atoms with Gasteiger partial charge in [0, 0.05) is 24.3 Å². The number of fused-ring (bicyclic) bond motifs is 1. The van der Waals surface area contributed by atoms with Gasteiger partial charge in [-0.1, -0.05) is 19.9 Å². The van der Waals surface area contributed by atoms with Crippen LogP contribution < -0.4 is 15.0 Å². The lowest BCUT2D eigenvalue weighted by Gasteiger charge is -2.38. The number of hydrogen-bond donors (Lipinski definition) is 2. The number of pyridine rings is 1. The molecule has 0 amide bonds. The van der Waals surface area contributed by atoms with Gasteiger partial charge < -0.3 is 24.6 Å². The molecule has 1 fully saturated rings. The van der Waals surface area contributed by atoms with Gasteiger partial charge in [-0.3, -0.25) is 0 Å². The molecule has 0 saturated carbocycles. The van der Waals surface area contributed by atoms with E-state index in [9.17, 15) is 9.50 Å². The van der Waals surface area contributed by atoms with E-state index >= 15 is 0 Å². The molecular formula is C27H33FN8O2. The monoisotopic (exact) mass is 520 g/mol. The number of piperidine rings is 1. The molecule has 0 bridgehead atoms. The number of hydrogen-bond acceptors (Lipinski definition) is 9. The molecule has 10 nitrogen and oxygen atoms in total. The van der Waals surface area contributed by atoms with Gasteiger partial charge in [0.15, 0.2) is 0 Å². The minimum Gasteiger partial charge on any atom is -0.491 e. The summed E-state index contributed by atoms with van der Waals surface area (Å²) in [5.41, 5.74) is -0.144. The van der Waals surface area contributed by atoms with Crippen LogP contribution in [0.15, 0.2) is 49.3 Å². The van der Waals surface area contributed by atoms with E-state index in [0.29, 0.717) is 43.1 Å². The molecule has 1 aromatic carbocycles. The smallest absolute Gasteiger partial charge is 0.227 e. The van der Waals surface area contributed by atoms with E-state index in [1.807, 2.05) is 29.8 Å². The van der Waals surface area contributed by atoms with Crippen molar-refractivity contribution in [2.24, 2.45) is 0 Å². The van der Waals surface area contributed by atoms with Crippen LogP contribution in [0.2, 0.25) is 0 Å². The maximum absolute atomic E-state index is 14.4. The van der Waals surface area contributed by atoms with E-state index in [1.165, 1.54) is 12.5 Å². The van der Waals surface area contributed by atoms with E-state index < -0.39 is 11.8 Å². The van der Waals surface area contributed by atoms with Gasteiger partial charge >= 0.3 is 0 Å². The average Bonchev–Trinajstić information content (AvgIpc) is 3.44. The lowest BCUT2D eigenvalue weighted by molar-refractivity contribution is -0.0332. The second-order valence-corrected chi connectivity index (χ2v) is 10.4. The molecule has 0 spiro atoms. The lowest BCUT2D eigenvalue weighted by atomic mass is 9.92. The minimum absolute atomic E-state index is 0.0428. The van der Waals surface area contributed by atoms with Crippen LogP contribution in [0.25, 0.3) is 10.8 Å². The van der Waals surface area contributed by atoms with Gasteiger partial charge in [-0.15, -0.1) is 10.2 Å². The summed E-state index contributed by atoms with van der Waals surface area (Å²) in [7, 11) is 0. The molecule has 3 aromatic heterocycles. The molecule has 11 heteroatoms. The highest BCUT2D eigenvalue weighted by atomic mass is 19.1. The van der Waals surface area contributed by atoms with Gasteiger partial charge in [0.05, 0.1) is 18.2 Å². The van der Waals surface area contributed by atoms with Crippen LogP contribution in [0.3, 0.4) is 0 Å². The van der Waals surface area contributed by atoms with E-state index in [2.05, 4.69) is 50.4 Å². The molecule has 2 N–H and O–H groups in total. The Balaban J connectivity index is 1.37. The SMILES string of the molecule is CC(C)c1ccc(OC[C@@H](C)n2cnnc2)c2cnc(Nc3ccnc(N4CC[C@](C)(O)[C@H](F)C4)n3)cc12. The highest BCUT2D eigenvalue weighted by molar-refractivity contribution is 5.92. The molecule has 38 heavy (non-hydrogen) atoms. The van der Waals surface area contributed by atoms with Gasteiger partial charge in [0.25, 0.3) is 0 Å². The summed E-state index contributed by atoms with van der Waals surface area (Å²) in [6.07, 6.45) is 5.73. The molecule has 1 aliphatic heterocycles. The van der Waals surface area contributed by atoms with Crippen LogP contribution >= 0.6 is 0 Å². The first kappa shape index (κ1) is 25.8. The summed E-state index contributed by atoms with van der Waals surface area (Å²) in [6.45, 7) is 8.86. The largest absolute Gasteiger partial charge is 0.491 e. The number of alkyl halides is 1. The highest BCUT2D eigenvalue weighted by Gasteiger charge is 2.38. The van der Waals surface area contributed by atoms with Crippen molar-refractivity contribution >= 4 is 28.4 Å². The third kappa shape index (κ3) is 5.38. The van der Waals surface area contributed by atoms with E-state index in [-0.39, 0.29) is 12.6 Å². The first-order valence-corrected chi connectivity index (χ1v) is 12.8. The normalized spacial score (nSPS) is 20.6. The Morgan fingerprint density at radius 2 is 1.92 bits per heavy atom. The summed E-state index contributed by atoms with van der Waals surface area (Å²) in [5, 5.41) is 23.1. The van der Waals surface area contributed by atoms with Crippen molar-refractivity contribution in [3.05, 3.63) is 54.9 Å². The Hall–Kier alpha value is -3.86. The van der Waals surface area contributed by atoms with Gasteiger partial charge in [0.1, 0.15) is 42.8 Å². The van der Waals surface area contributed by atoms with Crippen molar-refractivity contribution in [3.63, 3.8) is 0 Å². The molecule has 200 valence electrons. The number of ether oxygens (including phenoxy) is 1. The van der Waals surface area contributed by atoms with Crippen LogP contribution in [0.1, 0.15) is 51.6 Å². The number of halogens is 1. The second-order valence-electron chi connectivity index (χ2n) is 10.4. The third-order valence-corrected chi connectivity index (χ3v) is 7.07. The Morgan fingerprint density at radius 3 is 2.66 bits per heavy atom. The zero-order valence-corrected chi connectivity index (χ0v) is 22.0. The number of nitrogens with one attached hydrogen (secondary N) is 1. The molecule has 0 radical (unpaired) electrons. The number of benzene rings is 1. The van der Waals surface area contributed by atoms with Gasteiger partial charge in [-0.2, -0.15) is 4.98 Å². The van der Waals surface area contributed by atoms with Crippen LogP contribution in [0.5, 0.6) is 5.75 Å². The molecule has 4 heterocycles. The Bertz CT molecular complexity index is 1400. The number of rotatable bonds is 8. The third-order valence-electron chi connectivity index (χ3n) is 7.07. The van der Waals surface area contributed by atoms with Gasteiger partial charge in [0.2, 0.25) is 5.95 Å². The lowest BCUT2D eigenvalue weighted by Crippen LogP contribution is -2.52. The van der Waals surface area contributed by atoms with Crippen molar-refractivity contribution in [1.29, 1.82) is 0 Å². The summed E-state index contributed by atoms with van der Waals surface area (Å²) >= 11 is 0. The predicted molar refractivity (Wildman–Crippen MR) is 144 cm³/mol. The summed E-state index contributed by atoms with van der Waals surface area (Å²) in [6, 6.07) is 7.91. The molecule has 0 aliphatic carbocycles. The zero-order chi connectivity index (χ0) is 26.9. The Labute approximate surface area is 220 Å². The molecule has 5 rings (SSSR count). The Kier molecular flexibility index (Phi) is 7.11. The summed E-state index contributed by atoms with van der Waals surface area (Å²) < 4.78 is 22.5. The van der Waals surface area contributed by atoms with Crippen LogP contribution in [0.4, 0.5) is 22.0 Å². The second kappa shape index (κ2) is 10.5. The molecule has 0 unspecified atom stereocenters. The van der Waals surface area contributed by atoms with E-state index in [4.69, 9.17) is 4.74 Å². The van der Waals surface area contributed by atoms with Crippen molar-refractivity contribution in [1.82, 2.24) is 29.7 Å². The van der Waals surface area contributed by atoms with Crippen LogP contribution in [-0.4, -0.2) is 66.3 Å². The van der Waals surface area contributed by atoms with Crippen molar-refractivity contribution in [3.8, 4) is 5.75 Å². The fourth-order valence-corrected chi connectivity index (χ4v) is 4.55. The van der Waals surface area contributed by atoms with E-state index in [1.54, 1.807) is 29.8 Å². The molecular weight excluding hydrogens is 487 g/mol. The molecule has 1 aliphatic rings. The first-order chi connectivity index (χ1) is 18.2. The van der Waals surface area contributed by atoms with Crippen LogP contribution in [-0.2, 0) is 0 Å². The summed E-state index contributed by atoms with van der Waals surface area (Å²) in [5.74, 6) is 2.65. The van der Waals surface area contributed by atoms with E-state index in [0.717, 1.165) is 16.5 Å². The molecule has 1 saturated heterocycles. The minimum atomic E-state index is -1.37. The molecule has 3 atom stereocenters. The number of aliphatic hydroxyl groups is 1. The number of aromatic nitrogens is 6. The van der Waals surface area contributed by atoms with Gasteiger partial charge in [-0.05, 0) is 55.3 Å². The quantitative estimate of drug-likeness (QED) is 0.348. The standard InChI is InChI=1S/C27H33FN8O2/c1-17(2)19-5-6-22(38-14-18(3)36-15-31-32-16-36)21-12-30-25(11-20(19)21)33-24-7-9-29-26(34-24)35-10-8-27(4,37)23(28)13-35/h5-7,9,11-12,15-18,23,37H,8,10,13-14H2,1-4H3,(H,29,30,33,34)/t18-,23-,27+/m1/s1. The van der Waals surface area contributed by atoms with Crippen molar-refractivity contribution < 1.29 is 14.2 Å². The highest BCUT2D eigenvalue weighted by Crippen LogP contribution is 2.34. The summed E-state index contributed by atoms with van der Waals surface area (Å²) in [4.78, 5) is 15.3. The average molecular weight is 521 g/mol. The number of nitrogens with zero attached hydrogens (tertiary/aromatic N) is 7. The topological polar surface area (TPSA) is 114 Å².